The van der Waals surface area contributed by atoms with Crippen LogP contribution in [0.4, 0.5) is 0 Å². The van der Waals surface area contributed by atoms with Crippen molar-refractivity contribution in [3.63, 3.8) is 0 Å². The summed E-state index contributed by atoms with van der Waals surface area (Å²) in [6.07, 6.45) is 1.30. The normalized spacial score (nSPS) is 10.6. The van der Waals surface area contributed by atoms with E-state index < -0.39 is 0 Å². The van der Waals surface area contributed by atoms with E-state index in [2.05, 4.69) is 20.9 Å². The van der Waals surface area contributed by atoms with Crippen molar-refractivity contribution in [1.82, 2.24) is 19.4 Å². The Morgan fingerprint density at radius 1 is 1.71 bits per heavy atom. The van der Waals surface area contributed by atoms with Crippen LogP contribution < -0.4 is 10.4 Å². The number of fused-ring (bicyclic) bond motifs is 1. The fraction of sp³-hybridized carbons (Fsp3) is 0.300. The minimum atomic E-state index is -0.255. The topological polar surface area (TPSA) is 86.5 Å². The number of nitrogens with one attached hydrogen (secondary N) is 2. The molecule has 17 heavy (non-hydrogen) atoms. The molecule has 0 aliphatic heterocycles. The van der Waals surface area contributed by atoms with E-state index in [0.29, 0.717) is 29.7 Å². The summed E-state index contributed by atoms with van der Waals surface area (Å²) >= 11 is 5.41. The Hall–Kier alpha value is -1.84. The van der Waals surface area contributed by atoms with Crippen LogP contribution in [0.1, 0.15) is 11.3 Å². The van der Waals surface area contributed by atoms with Crippen LogP contribution in [0, 0.1) is 18.3 Å². The van der Waals surface area contributed by atoms with Gasteiger partial charge < -0.3 is 9.55 Å². The van der Waals surface area contributed by atoms with Crippen LogP contribution in [0.2, 0.25) is 0 Å². The lowest BCUT2D eigenvalue weighted by Gasteiger charge is -2.05. The first-order valence-corrected chi connectivity index (χ1v) is 5.38. The van der Waals surface area contributed by atoms with Gasteiger partial charge in [0, 0.05) is 18.8 Å². The maximum Gasteiger partial charge on any atom is 0.275 e. The van der Waals surface area contributed by atoms with Crippen LogP contribution >= 0.6 is 11.8 Å². The quantitative estimate of drug-likeness (QED) is 0.784. The minimum Gasteiger partial charge on any atom is -0.336 e. The molecule has 2 N–H and O–H groups in total. The monoisotopic (exact) mass is 251 g/mol. The van der Waals surface area contributed by atoms with Crippen LogP contribution in [0.25, 0.3) is 11.0 Å². The first-order chi connectivity index (χ1) is 8.20. The highest BCUT2D eigenvalue weighted by molar-refractivity contribution is 6.13. The van der Waals surface area contributed by atoms with E-state index in [1.54, 1.807) is 11.5 Å². The fourth-order valence-electron chi connectivity index (χ4n) is 1.87. The molecule has 88 valence electrons. The summed E-state index contributed by atoms with van der Waals surface area (Å²) in [5.74, 6) is 0. The van der Waals surface area contributed by atoms with Crippen molar-refractivity contribution in [2.75, 3.05) is 6.54 Å². The minimum absolute atomic E-state index is 0.255. The second-order valence-electron chi connectivity index (χ2n) is 3.54. The van der Waals surface area contributed by atoms with Gasteiger partial charge in [0.05, 0.1) is 11.9 Å². The van der Waals surface area contributed by atoms with Crippen molar-refractivity contribution >= 4 is 22.8 Å². The van der Waals surface area contributed by atoms with E-state index in [0.717, 1.165) is 5.69 Å². The highest BCUT2D eigenvalue weighted by Gasteiger charge is 2.16. The smallest absolute Gasteiger partial charge is 0.275 e. The first-order valence-electron chi connectivity index (χ1n) is 5.00. The molecule has 2 aromatic rings. The summed E-state index contributed by atoms with van der Waals surface area (Å²) in [7, 11) is 0. The Labute approximate surface area is 102 Å². The fourth-order valence-corrected chi connectivity index (χ4v) is 1.95. The number of nitrogens with zero attached hydrogens (tertiary/aromatic N) is 3. The molecule has 0 saturated heterocycles. The van der Waals surface area contributed by atoms with Crippen molar-refractivity contribution in [3.05, 3.63) is 27.9 Å². The number of hydrogen-bond donors (Lipinski definition) is 2. The Morgan fingerprint density at radius 3 is 3.12 bits per heavy atom. The Balaban J connectivity index is 2.78. The zero-order valence-electron chi connectivity index (χ0n) is 9.12. The average molecular weight is 252 g/mol. The van der Waals surface area contributed by atoms with Gasteiger partial charge in [0.2, 0.25) is 0 Å². The van der Waals surface area contributed by atoms with Crippen LogP contribution in [-0.4, -0.2) is 21.1 Å². The number of hydrogen-bond acceptors (Lipinski definition) is 4. The second-order valence-corrected chi connectivity index (χ2v) is 3.80. The molecule has 6 nitrogen and oxygen atoms in total. The third-order valence-corrected chi connectivity index (χ3v) is 2.83. The highest BCUT2D eigenvalue weighted by atomic mass is 35.5. The molecule has 0 aliphatic carbocycles. The maximum atomic E-state index is 11.8. The molecule has 0 aliphatic rings. The molecule has 0 amide bonds. The molecule has 0 radical (unpaired) electrons. The number of rotatable bonds is 3. The highest BCUT2D eigenvalue weighted by Crippen LogP contribution is 2.19. The molecule has 0 fully saturated rings. The molecule has 0 unspecified atom stereocenters. The lowest BCUT2D eigenvalue weighted by molar-refractivity contribution is 0.687. The SMILES string of the molecule is Cc1c(C#N)c2nc[nH]c(=O)c2n1CCNCl. The van der Waals surface area contributed by atoms with Crippen molar-refractivity contribution < 1.29 is 0 Å². The van der Waals surface area contributed by atoms with Crippen LogP contribution in [0.5, 0.6) is 0 Å². The average Bonchev–Trinajstić information content (AvgIpc) is 2.60. The van der Waals surface area contributed by atoms with Crippen LogP contribution in [0.3, 0.4) is 0 Å². The van der Waals surface area contributed by atoms with Crippen molar-refractivity contribution in [2.45, 2.75) is 13.5 Å². The van der Waals surface area contributed by atoms with Crippen LogP contribution in [-0.2, 0) is 6.54 Å². The van der Waals surface area contributed by atoms with E-state index in [9.17, 15) is 4.79 Å². The third kappa shape index (κ3) is 1.79. The number of aromatic nitrogens is 3. The van der Waals surface area contributed by atoms with Gasteiger partial charge in [0.15, 0.2) is 0 Å². The zero-order chi connectivity index (χ0) is 12.4. The zero-order valence-corrected chi connectivity index (χ0v) is 9.88. The Kier molecular flexibility index (Phi) is 3.13. The molecule has 2 rings (SSSR count). The second kappa shape index (κ2) is 4.57. The standard InChI is InChI=1S/C10H10ClN5O/c1-6-7(4-12)8-9(10(17)14-5-13-8)16(6)3-2-15-11/h5,15H,2-3H2,1H3,(H,13,14,17). The molecule has 0 spiro atoms. The third-order valence-electron chi connectivity index (χ3n) is 2.64. The predicted molar refractivity (Wildman–Crippen MR) is 63.7 cm³/mol. The maximum absolute atomic E-state index is 11.8. The summed E-state index contributed by atoms with van der Waals surface area (Å²) < 4.78 is 1.75. The Bertz CT molecular complexity index is 651. The molecule has 7 heteroatoms. The number of H-pyrrole nitrogens is 1. The molecule has 2 aromatic heterocycles. The van der Waals surface area contributed by atoms with E-state index in [1.807, 2.05) is 0 Å². The molecule has 0 atom stereocenters. The van der Waals surface area contributed by atoms with E-state index in [-0.39, 0.29) is 5.56 Å². The van der Waals surface area contributed by atoms with Gasteiger partial charge in [0.25, 0.3) is 5.56 Å². The van der Waals surface area contributed by atoms with E-state index in [1.165, 1.54) is 6.33 Å². The van der Waals surface area contributed by atoms with Gasteiger partial charge in [-0.15, -0.1) is 0 Å². The van der Waals surface area contributed by atoms with Crippen molar-refractivity contribution in [3.8, 4) is 6.07 Å². The van der Waals surface area contributed by atoms with E-state index >= 15 is 0 Å². The number of halogens is 1. The van der Waals surface area contributed by atoms with Gasteiger partial charge in [-0.05, 0) is 18.7 Å². The van der Waals surface area contributed by atoms with Gasteiger partial charge in [-0.3, -0.25) is 4.79 Å². The summed E-state index contributed by atoms with van der Waals surface area (Å²) in [4.78, 5) is 20.8. The van der Waals surface area contributed by atoms with Gasteiger partial charge in [0.1, 0.15) is 17.1 Å². The summed E-state index contributed by atoms with van der Waals surface area (Å²) in [6.45, 7) is 2.78. The largest absolute Gasteiger partial charge is 0.336 e. The predicted octanol–water partition coefficient (Wildman–Crippen LogP) is 0.648. The number of aromatic amines is 1. The molecule has 0 saturated carbocycles. The molecular formula is C10H10ClN5O. The van der Waals surface area contributed by atoms with Gasteiger partial charge in [-0.2, -0.15) is 5.26 Å². The summed E-state index contributed by atoms with van der Waals surface area (Å²) in [5.41, 5.74) is 1.74. The summed E-state index contributed by atoms with van der Waals surface area (Å²) in [6, 6.07) is 2.07. The van der Waals surface area contributed by atoms with Gasteiger partial charge in [-0.25, -0.2) is 9.82 Å². The van der Waals surface area contributed by atoms with Crippen molar-refractivity contribution in [1.29, 1.82) is 5.26 Å². The van der Waals surface area contributed by atoms with Gasteiger partial charge in [-0.1, -0.05) is 0 Å². The number of nitriles is 1. The lowest BCUT2D eigenvalue weighted by atomic mass is 10.2. The molecular weight excluding hydrogens is 242 g/mol. The van der Waals surface area contributed by atoms with Crippen molar-refractivity contribution in [2.24, 2.45) is 0 Å². The molecule has 0 bridgehead atoms. The lowest BCUT2D eigenvalue weighted by Crippen LogP contribution is -2.16. The van der Waals surface area contributed by atoms with E-state index in [4.69, 9.17) is 17.0 Å². The van der Waals surface area contributed by atoms with Crippen LogP contribution in [0.15, 0.2) is 11.1 Å². The molecule has 2 heterocycles. The van der Waals surface area contributed by atoms with Gasteiger partial charge >= 0.3 is 0 Å². The summed E-state index contributed by atoms with van der Waals surface area (Å²) in [5, 5.41) is 9.09. The first kappa shape index (κ1) is 11.6. The Morgan fingerprint density at radius 2 is 2.47 bits per heavy atom. The molecule has 0 aromatic carbocycles.